The van der Waals surface area contributed by atoms with Crippen molar-refractivity contribution in [2.45, 2.75) is 6.92 Å². The van der Waals surface area contributed by atoms with Gasteiger partial charge in [-0.1, -0.05) is 12.2 Å². The van der Waals surface area contributed by atoms with E-state index < -0.39 is 0 Å². The molecule has 0 spiro atoms. The Labute approximate surface area is 113 Å². The van der Waals surface area contributed by atoms with Crippen molar-refractivity contribution in [3.05, 3.63) is 35.3 Å². The number of pyridine rings is 1. The van der Waals surface area contributed by atoms with Gasteiger partial charge in [-0.05, 0) is 35.0 Å². The number of aromatic nitrogens is 3. The zero-order chi connectivity index (χ0) is 12.4. The third kappa shape index (κ3) is 2.53. The predicted molar refractivity (Wildman–Crippen MR) is 75.7 cm³/mol. The lowest BCUT2D eigenvalue weighted by atomic mass is 10.4. The molecule has 6 heteroatoms. The van der Waals surface area contributed by atoms with Gasteiger partial charge in [0.2, 0.25) is 0 Å². The Bertz CT molecular complexity index is 538. The van der Waals surface area contributed by atoms with Gasteiger partial charge < -0.3 is 4.90 Å². The number of hydrogen-bond acceptors (Lipinski definition) is 3. The Morgan fingerprint density at radius 3 is 2.88 bits per heavy atom. The topological polar surface area (TPSA) is 34.0 Å². The number of halogens is 1. The third-order valence-corrected chi connectivity index (χ3v) is 3.23. The molecule has 2 heterocycles. The maximum absolute atomic E-state index is 5.14. The van der Waals surface area contributed by atoms with Crippen LogP contribution in [0.15, 0.2) is 35.3 Å². The van der Waals surface area contributed by atoms with Crippen molar-refractivity contribution < 1.29 is 0 Å². The van der Waals surface area contributed by atoms with Crippen LogP contribution in [0.4, 0.5) is 5.69 Å². The molecule has 17 heavy (non-hydrogen) atoms. The molecule has 0 amide bonds. The van der Waals surface area contributed by atoms with E-state index >= 15 is 0 Å². The zero-order valence-corrected chi connectivity index (χ0v) is 11.9. The summed E-state index contributed by atoms with van der Waals surface area (Å²) in [6, 6.07) is 3.82. The summed E-state index contributed by atoms with van der Waals surface area (Å²) in [6.07, 6.45) is 5.40. The van der Waals surface area contributed by atoms with Crippen LogP contribution in [0.25, 0.3) is 5.69 Å². The van der Waals surface area contributed by atoms with Crippen LogP contribution in [-0.4, -0.2) is 26.8 Å². The number of hydrogen-bond donors (Lipinski definition) is 0. The molecule has 0 aliphatic rings. The Hall–Kier alpha value is -1.27. The molecule has 2 aromatic heterocycles. The van der Waals surface area contributed by atoms with Crippen LogP contribution in [0.1, 0.15) is 6.92 Å². The van der Waals surface area contributed by atoms with E-state index in [2.05, 4.69) is 26.0 Å². The Morgan fingerprint density at radius 2 is 2.29 bits per heavy atom. The van der Waals surface area contributed by atoms with Gasteiger partial charge in [-0.3, -0.25) is 4.98 Å². The van der Waals surface area contributed by atoms with E-state index in [9.17, 15) is 0 Å². The lowest BCUT2D eigenvalue weighted by Crippen LogP contribution is -2.20. The maximum atomic E-state index is 5.14. The molecule has 0 saturated carbocycles. The van der Waals surface area contributed by atoms with Crippen LogP contribution in [0.2, 0.25) is 0 Å². The van der Waals surface area contributed by atoms with E-state index in [-0.39, 0.29) is 0 Å². The van der Waals surface area contributed by atoms with Gasteiger partial charge >= 0.3 is 0 Å². The molecule has 0 radical (unpaired) electrons. The predicted octanol–water partition coefficient (Wildman–Crippen LogP) is 2.81. The van der Waals surface area contributed by atoms with Crippen LogP contribution in [0.3, 0.4) is 0 Å². The summed E-state index contributed by atoms with van der Waals surface area (Å²) in [5.74, 6) is 0. The summed E-state index contributed by atoms with van der Waals surface area (Å²) in [7, 11) is 1.91. The van der Waals surface area contributed by atoms with Gasteiger partial charge in [0.25, 0.3) is 0 Å². The minimum absolute atomic E-state index is 0.757. The van der Waals surface area contributed by atoms with Gasteiger partial charge in [-0.15, -0.1) is 0 Å². The third-order valence-electron chi connectivity index (χ3n) is 2.40. The summed E-state index contributed by atoms with van der Waals surface area (Å²) in [6.45, 7) is 1.88. The Morgan fingerprint density at radius 1 is 1.53 bits per heavy atom. The fourth-order valence-corrected chi connectivity index (χ4v) is 2.00. The van der Waals surface area contributed by atoms with E-state index in [0.717, 1.165) is 21.0 Å². The summed E-state index contributed by atoms with van der Waals surface area (Å²) in [4.78, 5) is 6.75. The van der Waals surface area contributed by atoms with Gasteiger partial charge in [0.15, 0.2) is 4.60 Å². The molecule has 0 aliphatic carbocycles. The lowest BCUT2D eigenvalue weighted by molar-refractivity contribution is 0.864. The Balaban J connectivity index is 2.41. The number of thiocarbonyl (C=S) groups is 1. The van der Waals surface area contributed by atoms with E-state index in [1.165, 1.54) is 0 Å². The molecule has 0 saturated heterocycles. The lowest BCUT2D eigenvalue weighted by Gasteiger charge is -2.14. The maximum Gasteiger partial charge on any atom is 0.152 e. The normalized spacial score (nSPS) is 10.3. The molecule has 0 unspecified atom stereocenters. The largest absolute Gasteiger partial charge is 0.336 e. The first kappa shape index (κ1) is 12.2. The van der Waals surface area contributed by atoms with Crippen LogP contribution < -0.4 is 4.90 Å². The Kier molecular flexibility index (Phi) is 3.54. The van der Waals surface area contributed by atoms with E-state index in [1.807, 2.05) is 37.2 Å². The van der Waals surface area contributed by atoms with Crippen molar-refractivity contribution in [1.29, 1.82) is 0 Å². The van der Waals surface area contributed by atoms with Crippen molar-refractivity contribution in [3.8, 4) is 5.69 Å². The van der Waals surface area contributed by atoms with Crippen molar-refractivity contribution in [3.63, 3.8) is 0 Å². The highest BCUT2D eigenvalue weighted by Crippen LogP contribution is 2.25. The molecule has 0 aromatic carbocycles. The number of anilines is 1. The fourth-order valence-electron chi connectivity index (χ4n) is 1.36. The minimum atomic E-state index is 0.757. The highest BCUT2D eigenvalue weighted by atomic mass is 79.9. The van der Waals surface area contributed by atoms with Crippen molar-refractivity contribution in [2.75, 3.05) is 11.9 Å². The summed E-state index contributed by atoms with van der Waals surface area (Å²) < 4.78 is 2.52. The molecule has 0 N–H and O–H groups in total. The standard InChI is InChI=1S/C11H11BrN4S/c1-8(17)15(2)10-7-16(14-11(10)12)9-4-3-5-13-6-9/h3-7H,1-2H3. The second-order valence-corrected chi connectivity index (χ2v) is 4.88. The smallest absolute Gasteiger partial charge is 0.152 e. The van der Waals surface area contributed by atoms with Gasteiger partial charge in [-0.25, -0.2) is 4.68 Å². The van der Waals surface area contributed by atoms with Crippen molar-refractivity contribution in [2.24, 2.45) is 0 Å². The summed E-state index contributed by atoms with van der Waals surface area (Å²) in [5, 5.41) is 4.38. The monoisotopic (exact) mass is 310 g/mol. The average Bonchev–Trinajstić information content (AvgIpc) is 2.71. The van der Waals surface area contributed by atoms with Gasteiger partial charge in [0, 0.05) is 13.2 Å². The first-order chi connectivity index (χ1) is 8.09. The molecule has 4 nitrogen and oxygen atoms in total. The second kappa shape index (κ2) is 4.93. The molecule has 0 atom stereocenters. The van der Waals surface area contributed by atoms with Gasteiger partial charge in [0.1, 0.15) is 0 Å². The van der Waals surface area contributed by atoms with Crippen LogP contribution in [-0.2, 0) is 0 Å². The molecular formula is C11H11BrN4S. The first-order valence-corrected chi connectivity index (χ1v) is 6.19. The van der Waals surface area contributed by atoms with Crippen molar-refractivity contribution in [1.82, 2.24) is 14.8 Å². The van der Waals surface area contributed by atoms with Crippen molar-refractivity contribution >= 4 is 38.8 Å². The number of nitrogens with zero attached hydrogens (tertiary/aromatic N) is 4. The van der Waals surface area contributed by atoms with E-state index in [1.54, 1.807) is 17.1 Å². The van der Waals surface area contributed by atoms with Crippen LogP contribution >= 0.6 is 28.1 Å². The molecule has 2 aromatic rings. The van der Waals surface area contributed by atoms with Gasteiger partial charge in [-0.2, -0.15) is 5.10 Å². The molecule has 0 aliphatic heterocycles. The molecule has 0 fully saturated rings. The second-order valence-electron chi connectivity index (χ2n) is 3.54. The van der Waals surface area contributed by atoms with Gasteiger partial charge in [0.05, 0.1) is 28.8 Å². The summed E-state index contributed by atoms with van der Waals surface area (Å²) >= 11 is 8.57. The fraction of sp³-hybridized carbons (Fsp3) is 0.182. The average molecular weight is 311 g/mol. The molecule has 88 valence electrons. The highest BCUT2D eigenvalue weighted by molar-refractivity contribution is 9.10. The van der Waals surface area contributed by atoms with Crippen LogP contribution in [0, 0.1) is 0 Å². The van der Waals surface area contributed by atoms with E-state index in [4.69, 9.17) is 12.2 Å². The zero-order valence-electron chi connectivity index (χ0n) is 9.46. The summed E-state index contributed by atoms with van der Waals surface area (Å²) in [5.41, 5.74) is 1.84. The molecule has 2 rings (SSSR count). The molecular weight excluding hydrogens is 300 g/mol. The van der Waals surface area contributed by atoms with Crippen LogP contribution in [0.5, 0.6) is 0 Å². The number of rotatable bonds is 2. The SMILES string of the molecule is CC(=S)N(C)c1cn(-c2cccnc2)nc1Br. The first-order valence-electron chi connectivity index (χ1n) is 4.99. The molecule has 0 bridgehead atoms. The quantitative estimate of drug-likeness (QED) is 0.799. The highest BCUT2D eigenvalue weighted by Gasteiger charge is 2.12. The minimum Gasteiger partial charge on any atom is -0.336 e. The van der Waals surface area contributed by atoms with E-state index in [0.29, 0.717) is 0 Å².